The smallest absolute Gasteiger partial charge is 0.223 e. The maximum atomic E-state index is 5.75. The second-order valence-corrected chi connectivity index (χ2v) is 4.17. The fourth-order valence-corrected chi connectivity index (χ4v) is 1.85. The maximum absolute atomic E-state index is 5.75. The van der Waals surface area contributed by atoms with E-state index in [1.54, 1.807) is 17.8 Å². The lowest BCUT2D eigenvalue weighted by Gasteiger charge is -2.07. The van der Waals surface area contributed by atoms with Crippen LogP contribution in [-0.2, 0) is 0 Å². The Hall–Kier alpha value is -1.26. The number of benzene rings is 1. The van der Waals surface area contributed by atoms with Gasteiger partial charge in [-0.25, -0.2) is 9.97 Å². The minimum Gasteiger partial charge on any atom is -0.438 e. The molecule has 3 nitrogen and oxygen atoms in total. The topological polar surface area (TPSA) is 35.0 Å². The highest BCUT2D eigenvalue weighted by Gasteiger charge is 2.04. The van der Waals surface area contributed by atoms with Crippen molar-refractivity contribution in [2.75, 3.05) is 6.26 Å². The summed E-state index contributed by atoms with van der Waals surface area (Å²) in [6.45, 7) is 0. The zero-order chi connectivity index (χ0) is 11.4. The van der Waals surface area contributed by atoms with Gasteiger partial charge < -0.3 is 4.74 Å². The van der Waals surface area contributed by atoms with Crippen LogP contribution < -0.4 is 4.74 Å². The normalized spacial score (nSPS) is 10.1. The van der Waals surface area contributed by atoms with E-state index in [0.717, 1.165) is 10.6 Å². The number of para-hydroxylation sites is 1. The van der Waals surface area contributed by atoms with Crippen LogP contribution in [0.15, 0.2) is 41.6 Å². The molecular weight excluding hydrogens is 244 g/mol. The van der Waals surface area contributed by atoms with Crippen molar-refractivity contribution < 1.29 is 4.74 Å². The molecule has 1 aromatic heterocycles. The molecule has 0 aliphatic carbocycles. The van der Waals surface area contributed by atoms with Crippen molar-refractivity contribution in [2.45, 2.75) is 4.90 Å². The molecule has 2 aromatic rings. The van der Waals surface area contributed by atoms with Crippen molar-refractivity contribution in [3.8, 4) is 11.6 Å². The quantitative estimate of drug-likeness (QED) is 0.617. The first-order valence-electron chi connectivity index (χ1n) is 4.58. The molecule has 5 heteroatoms. The molecule has 0 amide bonds. The Morgan fingerprint density at radius 1 is 1.25 bits per heavy atom. The van der Waals surface area contributed by atoms with E-state index in [1.165, 1.54) is 6.33 Å². The summed E-state index contributed by atoms with van der Waals surface area (Å²) in [5.41, 5.74) is 0. The van der Waals surface area contributed by atoms with E-state index < -0.39 is 0 Å². The number of rotatable bonds is 3. The Labute approximate surface area is 103 Å². The zero-order valence-electron chi connectivity index (χ0n) is 8.55. The van der Waals surface area contributed by atoms with Gasteiger partial charge >= 0.3 is 0 Å². The molecule has 2 rings (SSSR count). The lowest BCUT2D eigenvalue weighted by Crippen LogP contribution is -1.90. The third kappa shape index (κ3) is 2.65. The summed E-state index contributed by atoms with van der Waals surface area (Å²) in [7, 11) is 0. The molecule has 82 valence electrons. The molecule has 0 saturated carbocycles. The van der Waals surface area contributed by atoms with E-state index in [4.69, 9.17) is 16.3 Å². The first kappa shape index (κ1) is 11.2. The van der Waals surface area contributed by atoms with Crippen molar-refractivity contribution in [3.63, 3.8) is 0 Å². The molecule has 0 bridgehead atoms. The predicted molar refractivity (Wildman–Crippen MR) is 65.3 cm³/mol. The van der Waals surface area contributed by atoms with Crippen molar-refractivity contribution in [1.82, 2.24) is 9.97 Å². The van der Waals surface area contributed by atoms with E-state index >= 15 is 0 Å². The molecule has 0 unspecified atom stereocenters. The Kier molecular flexibility index (Phi) is 3.64. The highest BCUT2D eigenvalue weighted by Crippen LogP contribution is 2.30. The van der Waals surface area contributed by atoms with Crippen molar-refractivity contribution in [1.29, 1.82) is 0 Å². The number of nitrogens with zero attached hydrogens (tertiary/aromatic N) is 2. The third-order valence-electron chi connectivity index (χ3n) is 1.89. The summed E-state index contributed by atoms with van der Waals surface area (Å²) in [6, 6.07) is 9.34. The molecule has 0 aliphatic heterocycles. The Morgan fingerprint density at radius 2 is 2.06 bits per heavy atom. The average Bonchev–Trinajstić information content (AvgIpc) is 2.30. The van der Waals surface area contributed by atoms with Gasteiger partial charge in [-0.1, -0.05) is 23.7 Å². The number of ether oxygens (including phenoxy) is 1. The summed E-state index contributed by atoms with van der Waals surface area (Å²) in [5.74, 6) is 1.21. The van der Waals surface area contributed by atoms with Gasteiger partial charge in [-0.3, -0.25) is 0 Å². The van der Waals surface area contributed by atoms with Gasteiger partial charge in [-0.05, 0) is 18.4 Å². The van der Waals surface area contributed by atoms with Crippen LogP contribution in [0.3, 0.4) is 0 Å². The second-order valence-electron chi connectivity index (χ2n) is 2.93. The standard InChI is InChI=1S/C11H9ClN2OS/c1-16-9-5-3-2-4-8(9)15-11-6-10(12)13-7-14-11/h2-7H,1H3. The molecule has 0 aliphatic rings. The first-order chi connectivity index (χ1) is 7.79. The first-order valence-corrected chi connectivity index (χ1v) is 6.18. The van der Waals surface area contributed by atoms with E-state index in [-0.39, 0.29) is 0 Å². The summed E-state index contributed by atoms with van der Waals surface area (Å²) in [4.78, 5) is 8.83. The Balaban J connectivity index is 2.26. The van der Waals surface area contributed by atoms with Crippen LogP contribution in [0.25, 0.3) is 0 Å². The summed E-state index contributed by atoms with van der Waals surface area (Å²) < 4.78 is 5.62. The zero-order valence-corrected chi connectivity index (χ0v) is 10.1. The van der Waals surface area contributed by atoms with Crippen LogP contribution in [-0.4, -0.2) is 16.2 Å². The van der Waals surface area contributed by atoms with Gasteiger partial charge in [0.1, 0.15) is 17.2 Å². The lowest BCUT2D eigenvalue weighted by atomic mass is 10.3. The van der Waals surface area contributed by atoms with Crippen molar-refractivity contribution >= 4 is 23.4 Å². The Bertz CT molecular complexity index is 493. The summed E-state index contributed by atoms with van der Waals surface area (Å²) in [5, 5.41) is 0.367. The van der Waals surface area contributed by atoms with E-state index in [9.17, 15) is 0 Å². The number of aromatic nitrogens is 2. The summed E-state index contributed by atoms with van der Waals surface area (Å²) >= 11 is 7.37. The van der Waals surface area contributed by atoms with Gasteiger partial charge in [0.05, 0.1) is 0 Å². The Morgan fingerprint density at radius 3 is 2.81 bits per heavy atom. The van der Waals surface area contributed by atoms with Gasteiger partial charge in [0.15, 0.2) is 0 Å². The van der Waals surface area contributed by atoms with Crippen molar-refractivity contribution in [2.24, 2.45) is 0 Å². The van der Waals surface area contributed by atoms with Crippen molar-refractivity contribution in [3.05, 3.63) is 41.8 Å². The van der Waals surface area contributed by atoms with Crippen LogP contribution in [0.4, 0.5) is 0 Å². The minimum atomic E-state index is 0.367. The lowest BCUT2D eigenvalue weighted by molar-refractivity contribution is 0.451. The van der Waals surface area contributed by atoms with E-state index in [1.807, 2.05) is 30.5 Å². The average molecular weight is 253 g/mol. The fraction of sp³-hybridized carbons (Fsp3) is 0.0909. The SMILES string of the molecule is CSc1ccccc1Oc1cc(Cl)ncn1. The van der Waals surface area contributed by atoms with Crippen LogP contribution in [0, 0.1) is 0 Å². The van der Waals surface area contributed by atoms with E-state index in [0.29, 0.717) is 11.0 Å². The predicted octanol–water partition coefficient (Wildman–Crippen LogP) is 3.64. The van der Waals surface area contributed by atoms with Crippen LogP contribution in [0.1, 0.15) is 0 Å². The van der Waals surface area contributed by atoms with Crippen LogP contribution >= 0.6 is 23.4 Å². The molecule has 0 atom stereocenters. The largest absolute Gasteiger partial charge is 0.438 e. The molecule has 0 fully saturated rings. The number of hydrogen-bond acceptors (Lipinski definition) is 4. The molecule has 0 saturated heterocycles. The molecular formula is C11H9ClN2OS. The molecule has 0 N–H and O–H groups in total. The van der Waals surface area contributed by atoms with Gasteiger partial charge in [0, 0.05) is 11.0 Å². The highest BCUT2D eigenvalue weighted by atomic mass is 35.5. The second kappa shape index (κ2) is 5.18. The summed E-state index contributed by atoms with van der Waals surface area (Å²) in [6.07, 6.45) is 3.37. The number of thioether (sulfide) groups is 1. The number of halogens is 1. The molecule has 1 heterocycles. The van der Waals surface area contributed by atoms with Gasteiger partial charge in [0.2, 0.25) is 5.88 Å². The molecule has 0 spiro atoms. The third-order valence-corrected chi connectivity index (χ3v) is 2.88. The van der Waals surface area contributed by atoms with Crippen LogP contribution in [0.2, 0.25) is 5.15 Å². The maximum Gasteiger partial charge on any atom is 0.223 e. The van der Waals surface area contributed by atoms with E-state index in [2.05, 4.69) is 9.97 Å². The molecule has 16 heavy (non-hydrogen) atoms. The van der Waals surface area contributed by atoms with Crippen LogP contribution in [0.5, 0.6) is 11.6 Å². The minimum absolute atomic E-state index is 0.367. The molecule has 0 radical (unpaired) electrons. The highest BCUT2D eigenvalue weighted by molar-refractivity contribution is 7.98. The molecule has 1 aromatic carbocycles. The van der Waals surface area contributed by atoms with Gasteiger partial charge in [0.25, 0.3) is 0 Å². The fourth-order valence-electron chi connectivity index (χ4n) is 1.19. The monoisotopic (exact) mass is 252 g/mol. The number of hydrogen-bond donors (Lipinski definition) is 0. The van der Waals surface area contributed by atoms with Gasteiger partial charge in [-0.15, -0.1) is 11.8 Å². The van der Waals surface area contributed by atoms with Gasteiger partial charge in [-0.2, -0.15) is 0 Å².